The second-order valence-electron chi connectivity index (χ2n) is 8.10. The first-order valence-electron chi connectivity index (χ1n) is 11.4. The Hall–Kier alpha value is -4.97. The first-order valence-corrected chi connectivity index (χ1v) is 11.4. The third kappa shape index (κ3) is 4.52. The molecule has 1 saturated heterocycles. The Morgan fingerprint density at radius 1 is 0.583 bits per heavy atom. The minimum Gasteiger partial charge on any atom is -0.488 e. The lowest BCUT2D eigenvalue weighted by atomic mass is 10.0. The molecular formula is C30H22N2O4. The van der Waals surface area contributed by atoms with Crippen molar-refractivity contribution in [2.24, 2.45) is 0 Å². The third-order valence-electron chi connectivity index (χ3n) is 5.73. The summed E-state index contributed by atoms with van der Waals surface area (Å²) in [5, 5.41) is 0. The van der Waals surface area contributed by atoms with E-state index in [4.69, 9.17) is 4.74 Å². The van der Waals surface area contributed by atoms with Crippen LogP contribution in [0.2, 0.25) is 0 Å². The zero-order valence-corrected chi connectivity index (χ0v) is 19.3. The van der Waals surface area contributed by atoms with E-state index in [1.54, 1.807) is 78.9 Å². The molecule has 5 rings (SSSR count). The number of hydrogen-bond donors (Lipinski definition) is 0. The lowest BCUT2D eigenvalue weighted by Gasteiger charge is -2.34. The summed E-state index contributed by atoms with van der Waals surface area (Å²) in [4.78, 5) is 42.6. The fourth-order valence-corrected chi connectivity index (χ4v) is 3.96. The summed E-state index contributed by atoms with van der Waals surface area (Å²) in [5.74, 6) is -0.869. The molecule has 0 aromatic heterocycles. The Balaban J connectivity index is 1.56. The molecule has 4 aromatic rings. The molecule has 176 valence electrons. The summed E-state index contributed by atoms with van der Waals surface area (Å²) in [6.45, 7) is 0.327. The number of hydrogen-bond acceptors (Lipinski definition) is 4. The van der Waals surface area contributed by atoms with Gasteiger partial charge in [-0.15, -0.1) is 0 Å². The number of anilines is 2. The van der Waals surface area contributed by atoms with Crippen LogP contribution >= 0.6 is 0 Å². The van der Waals surface area contributed by atoms with Gasteiger partial charge in [0.05, 0.1) is 11.4 Å². The molecule has 0 bridgehead atoms. The van der Waals surface area contributed by atoms with Gasteiger partial charge in [0.25, 0.3) is 11.8 Å². The van der Waals surface area contributed by atoms with Gasteiger partial charge in [0, 0.05) is 5.56 Å². The fraction of sp³-hybridized carbons (Fsp3) is 0.0333. The molecule has 0 spiro atoms. The maximum Gasteiger partial charge on any atom is 0.343 e. The van der Waals surface area contributed by atoms with E-state index in [0.29, 0.717) is 29.3 Å². The van der Waals surface area contributed by atoms with E-state index in [0.717, 1.165) is 15.4 Å². The maximum absolute atomic E-state index is 13.6. The number of ether oxygens (including phenoxy) is 1. The van der Waals surface area contributed by atoms with Crippen LogP contribution in [0.15, 0.2) is 121 Å². The van der Waals surface area contributed by atoms with Crippen LogP contribution in [0.25, 0.3) is 6.08 Å². The number of urea groups is 1. The first kappa shape index (κ1) is 22.8. The van der Waals surface area contributed by atoms with Gasteiger partial charge >= 0.3 is 6.03 Å². The van der Waals surface area contributed by atoms with Crippen molar-refractivity contribution in [3.8, 4) is 5.75 Å². The average molecular weight is 475 g/mol. The average Bonchev–Trinajstić information content (AvgIpc) is 2.92. The van der Waals surface area contributed by atoms with E-state index in [9.17, 15) is 14.4 Å². The van der Waals surface area contributed by atoms with Gasteiger partial charge in [0.1, 0.15) is 17.9 Å². The van der Waals surface area contributed by atoms with Gasteiger partial charge < -0.3 is 4.74 Å². The van der Waals surface area contributed by atoms with Crippen LogP contribution < -0.4 is 14.5 Å². The highest BCUT2D eigenvalue weighted by molar-refractivity contribution is 6.46. The SMILES string of the molecule is O=C1C(=Cc2ccccc2OCc2ccccc2)C(=O)N(c2ccccc2)C(=O)N1c1ccccc1. The highest BCUT2D eigenvalue weighted by atomic mass is 16.5. The molecule has 0 unspecified atom stereocenters. The highest BCUT2D eigenvalue weighted by Crippen LogP contribution is 2.31. The summed E-state index contributed by atoms with van der Waals surface area (Å²) in [6.07, 6.45) is 1.49. The molecular weight excluding hydrogens is 452 g/mol. The van der Waals surface area contributed by atoms with Crippen LogP contribution in [0.3, 0.4) is 0 Å². The smallest absolute Gasteiger partial charge is 0.343 e. The van der Waals surface area contributed by atoms with E-state index in [2.05, 4.69) is 0 Å². The Morgan fingerprint density at radius 3 is 1.61 bits per heavy atom. The van der Waals surface area contributed by atoms with Crippen LogP contribution in [-0.4, -0.2) is 17.8 Å². The molecule has 4 aromatic carbocycles. The van der Waals surface area contributed by atoms with Gasteiger partial charge in [-0.2, -0.15) is 0 Å². The lowest BCUT2D eigenvalue weighted by Crippen LogP contribution is -2.57. The Morgan fingerprint density at radius 2 is 1.06 bits per heavy atom. The molecule has 0 atom stereocenters. The van der Waals surface area contributed by atoms with Gasteiger partial charge in [-0.25, -0.2) is 14.6 Å². The predicted molar refractivity (Wildman–Crippen MR) is 138 cm³/mol. The van der Waals surface area contributed by atoms with Crippen LogP contribution in [-0.2, 0) is 16.2 Å². The van der Waals surface area contributed by atoms with Crippen LogP contribution in [0.1, 0.15) is 11.1 Å². The Labute approximate surface area is 208 Å². The summed E-state index contributed by atoms with van der Waals surface area (Å²) >= 11 is 0. The topological polar surface area (TPSA) is 66.9 Å². The second-order valence-corrected chi connectivity index (χ2v) is 8.10. The minimum atomic E-state index is -0.729. The molecule has 1 heterocycles. The largest absolute Gasteiger partial charge is 0.488 e. The van der Waals surface area contributed by atoms with Crippen molar-refractivity contribution in [1.29, 1.82) is 0 Å². The molecule has 4 amide bonds. The van der Waals surface area contributed by atoms with Crippen molar-refractivity contribution in [3.63, 3.8) is 0 Å². The fourth-order valence-electron chi connectivity index (χ4n) is 3.96. The zero-order chi connectivity index (χ0) is 24.9. The molecule has 1 aliphatic rings. The van der Waals surface area contributed by atoms with Crippen molar-refractivity contribution >= 4 is 35.3 Å². The van der Waals surface area contributed by atoms with E-state index in [1.165, 1.54) is 6.08 Å². The third-order valence-corrected chi connectivity index (χ3v) is 5.73. The number of para-hydroxylation sites is 3. The molecule has 1 aliphatic heterocycles. The summed E-state index contributed by atoms with van der Waals surface area (Å²) in [5.41, 5.74) is 2.15. The molecule has 1 fully saturated rings. The quantitative estimate of drug-likeness (QED) is 0.260. The lowest BCUT2D eigenvalue weighted by molar-refractivity contribution is -0.121. The number of nitrogens with zero attached hydrogens (tertiary/aromatic N) is 2. The standard InChI is InChI=1S/C30H22N2O4/c33-28-26(20-23-14-10-11-19-27(23)36-21-22-12-4-1-5-13-22)29(34)32(25-17-8-3-9-18-25)30(35)31(28)24-15-6-2-7-16-24/h1-20H,21H2. The number of amides is 4. The molecule has 0 saturated carbocycles. The predicted octanol–water partition coefficient (Wildman–Crippen LogP) is 5.85. The highest BCUT2D eigenvalue weighted by Gasteiger charge is 2.43. The van der Waals surface area contributed by atoms with Crippen LogP contribution in [0.5, 0.6) is 5.75 Å². The van der Waals surface area contributed by atoms with E-state index in [-0.39, 0.29) is 5.57 Å². The number of benzene rings is 4. The van der Waals surface area contributed by atoms with E-state index in [1.807, 2.05) is 36.4 Å². The molecule has 0 N–H and O–H groups in total. The number of barbiturate groups is 1. The Kier molecular flexibility index (Phi) is 6.40. The molecule has 0 aliphatic carbocycles. The zero-order valence-electron chi connectivity index (χ0n) is 19.3. The number of carbonyl (C=O) groups excluding carboxylic acids is 3. The molecule has 6 heteroatoms. The van der Waals surface area contributed by atoms with Crippen molar-refractivity contribution in [2.75, 3.05) is 9.80 Å². The van der Waals surface area contributed by atoms with Crippen molar-refractivity contribution < 1.29 is 19.1 Å². The van der Waals surface area contributed by atoms with Gasteiger partial charge in [0.15, 0.2) is 0 Å². The van der Waals surface area contributed by atoms with E-state index < -0.39 is 17.8 Å². The normalized spacial score (nSPS) is 13.7. The summed E-state index contributed by atoms with van der Waals surface area (Å²) in [6, 6.07) is 33.3. The van der Waals surface area contributed by atoms with Gasteiger partial charge in [-0.05, 0) is 42.0 Å². The molecule has 6 nitrogen and oxygen atoms in total. The second kappa shape index (κ2) is 10.1. The maximum atomic E-state index is 13.6. The number of imide groups is 2. The first-order chi connectivity index (χ1) is 17.6. The van der Waals surface area contributed by atoms with Crippen molar-refractivity contribution in [2.45, 2.75) is 6.61 Å². The summed E-state index contributed by atoms with van der Waals surface area (Å²) < 4.78 is 6.02. The van der Waals surface area contributed by atoms with Crippen LogP contribution in [0, 0.1) is 0 Å². The number of carbonyl (C=O) groups is 3. The summed E-state index contributed by atoms with van der Waals surface area (Å²) in [7, 11) is 0. The minimum absolute atomic E-state index is 0.141. The molecule has 0 radical (unpaired) electrons. The monoisotopic (exact) mass is 474 g/mol. The molecule has 36 heavy (non-hydrogen) atoms. The Bertz CT molecular complexity index is 1370. The van der Waals surface area contributed by atoms with Gasteiger partial charge in [0.2, 0.25) is 0 Å². The van der Waals surface area contributed by atoms with Gasteiger partial charge in [-0.1, -0.05) is 84.9 Å². The number of rotatable bonds is 6. The van der Waals surface area contributed by atoms with Crippen molar-refractivity contribution in [1.82, 2.24) is 0 Å². The van der Waals surface area contributed by atoms with E-state index >= 15 is 0 Å². The van der Waals surface area contributed by atoms with Crippen LogP contribution in [0.4, 0.5) is 16.2 Å². The van der Waals surface area contributed by atoms with Gasteiger partial charge in [-0.3, -0.25) is 9.59 Å². The van der Waals surface area contributed by atoms with Crippen molar-refractivity contribution in [3.05, 3.63) is 132 Å².